The van der Waals surface area contributed by atoms with Crippen molar-refractivity contribution in [2.75, 3.05) is 42.9 Å². The lowest BCUT2D eigenvalue weighted by Crippen LogP contribution is -2.49. The van der Waals surface area contributed by atoms with Gasteiger partial charge in [-0.3, -0.25) is 9.69 Å². The van der Waals surface area contributed by atoms with E-state index in [1.165, 1.54) is 6.33 Å². The molecule has 1 aliphatic rings. The van der Waals surface area contributed by atoms with E-state index in [2.05, 4.69) is 35.2 Å². The Morgan fingerprint density at radius 2 is 1.93 bits per heavy atom. The van der Waals surface area contributed by atoms with Gasteiger partial charge < -0.3 is 10.2 Å². The molecule has 1 amide bonds. The van der Waals surface area contributed by atoms with Gasteiger partial charge in [0.1, 0.15) is 12.7 Å². The van der Waals surface area contributed by atoms with Gasteiger partial charge in [0.2, 0.25) is 11.9 Å². The minimum Gasteiger partial charge on any atom is -0.338 e. The highest BCUT2D eigenvalue weighted by atomic mass is 35.5. The molecule has 1 aromatic carbocycles. The van der Waals surface area contributed by atoms with E-state index < -0.39 is 0 Å². The van der Waals surface area contributed by atoms with Gasteiger partial charge in [-0.2, -0.15) is 5.10 Å². The molecule has 3 aromatic rings. The van der Waals surface area contributed by atoms with Gasteiger partial charge in [0, 0.05) is 43.6 Å². The number of aromatic nitrogens is 5. The Hall–Kier alpha value is -3.04. The fourth-order valence-electron chi connectivity index (χ4n) is 3.09. The molecule has 0 bridgehead atoms. The number of hydrogen-bond acceptors (Lipinski definition) is 7. The van der Waals surface area contributed by atoms with E-state index in [-0.39, 0.29) is 5.91 Å². The molecule has 144 valence electrons. The Labute approximate surface area is 167 Å². The largest absolute Gasteiger partial charge is 0.338 e. The van der Waals surface area contributed by atoms with Gasteiger partial charge in [-0.25, -0.2) is 19.6 Å². The molecule has 28 heavy (non-hydrogen) atoms. The van der Waals surface area contributed by atoms with Crippen molar-refractivity contribution in [2.24, 2.45) is 0 Å². The minimum absolute atomic E-state index is 0.104. The summed E-state index contributed by atoms with van der Waals surface area (Å²) in [6.45, 7) is 3.37. The van der Waals surface area contributed by atoms with Crippen LogP contribution in [0.5, 0.6) is 0 Å². The number of rotatable bonds is 5. The van der Waals surface area contributed by atoms with E-state index in [9.17, 15) is 4.79 Å². The van der Waals surface area contributed by atoms with Crippen LogP contribution >= 0.6 is 11.6 Å². The quantitative estimate of drug-likeness (QED) is 0.695. The van der Waals surface area contributed by atoms with Crippen molar-refractivity contribution in [2.45, 2.75) is 0 Å². The van der Waals surface area contributed by atoms with Crippen LogP contribution in [-0.4, -0.2) is 68.3 Å². The monoisotopic (exact) mass is 398 g/mol. The van der Waals surface area contributed by atoms with Crippen LogP contribution in [0.2, 0.25) is 5.02 Å². The maximum atomic E-state index is 12.6. The number of hydrogen-bond donors (Lipinski definition) is 1. The molecule has 9 nitrogen and oxygen atoms in total. The highest BCUT2D eigenvalue weighted by Gasteiger charge is 2.21. The van der Waals surface area contributed by atoms with Crippen LogP contribution in [0.3, 0.4) is 0 Å². The Morgan fingerprint density at radius 1 is 1.14 bits per heavy atom. The van der Waals surface area contributed by atoms with E-state index in [0.717, 1.165) is 32.1 Å². The maximum Gasteiger partial charge on any atom is 0.238 e. The molecule has 4 rings (SSSR count). The van der Waals surface area contributed by atoms with E-state index in [0.29, 0.717) is 22.9 Å². The number of benzene rings is 1. The zero-order valence-corrected chi connectivity index (χ0v) is 15.8. The van der Waals surface area contributed by atoms with E-state index >= 15 is 0 Å². The second kappa shape index (κ2) is 8.32. The van der Waals surface area contributed by atoms with Crippen LogP contribution in [-0.2, 0) is 4.79 Å². The highest BCUT2D eigenvalue weighted by molar-refractivity contribution is 6.31. The summed E-state index contributed by atoms with van der Waals surface area (Å²) in [5, 5.41) is 7.60. The summed E-state index contributed by atoms with van der Waals surface area (Å²) in [4.78, 5) is 29.3. The molecule has 0 aliphatic carbocycles. The van der Waals surface area contributed by atoms with Gasteiger partial charge >= 0.3 is 0 Å². The van der Waals surface area contributed by atoms with Gasteiger partial charge in [0.05, 0.1) is 17.9 Å². The van der Waals surface area contributed by atoms with Crippen LogP contribution in [0, 0.1) is 0 Å². The van der Waals surface area contributed by atoms with Crippen molar-refractivity contribution in [3.8, 4) is 5.69 Å². The van der Waals surface area contributed by atoms with E-state index in [4.69, 9.17) is 11.6 Å². The summed E-state index contributed by atoms with van der Waals surface area (Å²) < 4.78 is 1.59. The molecule has 1 N–H and O–H groups in total. The van der Waals surface area contributed by atoms with Crippen molar-refractivity contribution in [3.63, 3.8) is 0 Å². The average molecular weight is 399 g/mol. The molecule has 0 saturated carbocycles. The summed E-state index contributed by atoms with van der Waals surface area (Å²) in [5.41, 5.74) is 1.31. The molecular formula is C18H19ClN8O. The summed E-state index contributed by atoms with van der Waals surface area (Å²) in [6, 6.07) is 7.05. The zero-order valence-electron chi connectivity index (χ0n) is 15.1. The Kier molecular flexibility index (Phi) is 5.45. The van der Waals surface area contributed by atoms with Gasteiger partial charge in [-0.05, 0) is 24.3 Å². The van der Waals surface area contributed by atoms with Gasteiger partial charge in [-0.15, -0.1) is 0 Å². The first-order valence-electron chi connectivity index (χ1n) is 8.88. The Balaban J connectivity index is 1.36. The van der Waals surface area contributed by atoms with Crippen LogP contribution < -0.4 is 10.2 Å². The first-order valence-corrected chi connectivity index (χ1v) is 9.25. The van der Waals surface area contributed by atoms with Crippen LogP contribution in [0.1, 0.15) is 0 Å². The molecule has 10 heteroatoms. The van der Waals surface area contributed by atoms with Gasteiger partial charge in [0.25, 0.3) is 0 Å². The number of nitrogens with zero attached hydrogens (tertiary/aromatic N) is 7. The third kappa shape index (κ3) is 4.26. The van der Waals surface area contributed by atoms with Gasteiger partial charge in [-0.1, -0.05) is 11.6 Å². The van der Waals surface area contributed by atoms with Crippen molar-refractivity contribution in [3.05, 3.63) is 54.3 Å². The topological polar surface area (TPSA) is 92.1 Å². The molecule has 1 aliphatic heterocycles. The zero-order chi connectivity index (χ0) is 19.3. The first kappa shape index (κ1) is 18.3. The molecular weight excluding hydrogens is 380 g/mol. The van der Waals surface area contributed by atoms with Crippen molar-refractivity contribution in [1.82, 2.24) is 29.6 Å². The van der Waals surface area contributed by atoms with Crippen molar-refractivity contribution in [1.29, 1.82) is 0 Å². The Morgan fingerprint density at radius 3 is 2.64 bits per heavy atom. The first-order chi connectivity index (χ1) is 13.7. The molecule has 0 unspecified atom stereocenters. The third-order valence-electron chi connectivity index (χ3n) is 4.47. The number of nitrogens with one attached hydrogen (secondary N) is 1. The van der Waals surface area contributed by atoms with Gasteiger partial charge in [0.15, 0.2) is 0 Å². The lowest BCUT2D eigenvalue weighted by Gasteiger charge is -2.34. The SMILES string of the molecule is O=C(CN1CCN(c2ncccn2)CC1)Nc1cc(Cl)ccc1-n1cncn1. The molecule has 0 radical (unpaired) electrons. The van der Waals surface area contributed by atoms with Crippen molar-refractivity contribution >= 4 is 29.1 Å². The van der Waals surface area contributed by atoms with Crippen molar-refractivity contribution < 1.29 is 4.79 Å². The number of anilines is 2. The number of piperazine rings is 1. The molecule has 0 atom stereocenters. The maximum absolute atomic E-state index is 12.6. The lowest BCUT2D eigenvalue weighted by molar-refractivity contribution is -0.117. The summed E-state index contributed by atoms with van der Waals surface area (Å²) in [7, 11) is 0. The van der Waals surface area contributed by atoms with E-state index in [1.807, 2.05) is 0 Å². The van der Waals surface area contributed by atoms with Crippen LogP contribution in [0.15, 0.2) is 49.3 Å². The summed E-state index contributed by atoms with van der Waals surface area (Å²) in [6.07, 6.45) is 6.49. The number of carbonyl (C=O) groups excluding carboxylic acids is 1. The molecule has 2 aromatic heterocycles. The second-order valence-electron chi connectivity index (χ2n) is 6.36. The highest BCUT2D eigenvalue weighted by Crippen LogP contribution is 2.24. The predicted molar refractivity (Wildman–Crippen MR) is 106 cm³/mol. The molecule has 0 spiro atoms. The summed E-state index contributed by atoms with van der Waals surface area (Å²) in [5.74, 6) is 0.621. The third-order valence-corrected chi connectivity index (χ3v) is 4.71. The van der Waals surface area contributed by atoms with Crippen LogP contribution in [0.4, 0.5) is 11.6 Å². The molecule has 1 fully saturated rings. The fourth-order valence-corrected chi connectivity index (χ4v) is 3.27. The second-order valence-corrected chi connectivity index (χ2v) is 6.80. The normalized spacial score (nSPS) is 14.8. The Bertz CT molecular complexity index is 926. The summed E-state index contributed by atoms with van der Waals surface area (Å²) >= 11 is 6.10. The smallest absolute Gasteiger partial charge is 0.238 e. The number of amides is 1. The predicted octanol–water partition coefficient (Wildman–Crippen LogP) is 1.47. The molecule has 1 saturated heterocycles. The average Bonchev–Trinajstić information content (AvgIpc) is 3.24. The van der Waals surface area contributed by atoms with Crippen LogP contribution in [0.25, 0.3) is 5.69 Å². The van der Waals surface area contributed by atoms with E-state index in [1.54, 1.807) is 47.7 Å². The molecule has 3 heterocycles. The minimum atomic E-state index is -0.104. The number of carbonyl (C=O) groups is 1. The lowest BCUT2D eigenvalue weighted by atomic mass is 10.2. The standard InChI is InChI=1S/C18H19ClN8O/c19-14-2-3-16(27-13-20-12-23-27)15(10-14)24-17(28)11-25-6-8-26(9-7-25)18-21-4-1-5-22-18/h1-5,10,12-13H,6-9,11H2,(H,24,28). The fraction of sp³-hybridized carbons (Fsp3) is 0.278. The number of halogens is 1.